The molecule has 1 aromatic rings. The van der Waals surface area contributed by atoms with E-state index in [1.54, 1.807) is 0 Å². The molecule has 2 rings (SSSR count). The van der Waals surface area contributed by atoms with Crippen molar-refractivity contribution in [3.05, 3.63) is 28.2 Å². The largest absolute Gasteiger partial charge is 0.378 e. The molecule has 0 bridgehead atoms. The van der Waals surface area contributed by atoms with Crippen molar-refractivity contribution in [2.45, 2.75) is 18.9 Å². The minimum atomic E-state index is -0.652. The first-order valence-electron chi connectivity index (χ1n) is 5.24. The zero-order chi connectivity index (χ0) is 12.4. The Labute approximate surface area is 106 Å². The van der Waals surface area contributed by atoms with Crippen LogP contribution in [0.2, 0.25) is 0 Å². The van der Waals surface area contributed by atoms with Gasteiger partial charge in [0.25, 0.3) is 0 Å². The normalized spacial score (nSPS) is 19.2. The van der Waals surface area contributed by atoms with Crippen molar-refractivity contribution < 1.29 is 13.6 Å². The van der Waals surface area contributed by atoms with Gasteiger partial charge in [0.1, 0.15) is 17.3 Å². The second-order valence-electron chi connectivity index (χ2n) is 3.93. The molecule has 3 nitrogen and oxygen atoms in total. The maximum atomic E-state index is 13.4. The van der Waals surface area contributed by atoms with Crippen molar-refractivity contribution in [2.24, 2.45) is 0 Å². The summed E-state index contributed by atoms with van der Waals surface area (Å²) >= 11 is 3.01. The minimum absolute atomic E-state index is 0.0199. The second kappa shape index (κ2) is 5.00. The number of hydrogen-bond donors (Lipinski definition) is 2. The molecule has 1 atom stereocenters. The Bertz CT molecular complexity index is 430. The number of amides is 1. The summed E-state index contributed by atoms with van der Waals surface area (Å²) in [5, 5.41) is 5.40. The van der Waals surface area contributed by atoms with E-state index in [0.29, 0.717) is 23.9 Å². The SMILES string of the molecule is O=C1CCC(CNc2c(F)cc(Br)cc2F)N1. The zero-order valence-electron chi connectivity index (χ0n) is 8.90. The first kappa shape index (κ1) is 12.3. The van der Waals surface area contributed by atoms with Crippen molar-refractivity contribution in [3.8, 4) is 0 Å². The van der Waals surface area contributed by atoms with Crippen molar-refractivity contribution in [1.82, 2.24) is 5.32 Å². The van der Waals surface area contributed by atoms with Crippen molar-refractivity contribution in [2.75, 3.05) is 11.9 Å². The quantitative estimate of drug-likeness (QED) is 0.900. The molecule has 0 radical (unpaired) electrons. The first-order chi connectivity index (χ1) is 8.06. The molecular weight excluding hydrogens is 294 g/mol. The van der Waals surface area contributed by atoms with E-state index in [9.17, 15) is 13.6 Å². The summed E-state index contributed by atoms with van der Waals surface area (Å²) in [6.07, 6.45) is 1.16. The molecule has 0 spiro atoms. The Balaban J connectivity index is 2.01. The molecule has 2 N–H and O–H groups in total. The molecule has 1 amide bonds. The van der Waals surface area contributed by atoms with Crippen LogP contribution in [-0.2, 0) is 4.79 Å². The summed E-state index contributed by atoms with van der Waals surface area (Å²) in [5.74, 6) is -1.32. The van der Waals surface area contributed by atoms with E-state index in [0.717, 1.165) is 0 Å². The number of benzene rings is 1. The maximum absolute atomic E-state index is 13.4. The van der Waals surface area contributed by atoms with Gasteiger partial charge < -0.3 is 10.6 Å². The fraction of sp³-hybridized carbons (Fsp3) is 0.364. The number of hydrogen-bond acceptors (Lipinski definition) is 2. The van der Waals surface area contributed by atoms with Crippen LogP contribution in [0.4, 0.5) is 14.5 Å². The van der Waals surface area contributed by atoms with Crippen molar-refractivity contribution >= 4 is 27.5 Å². The average Bonchev–Trinajstić information content (AvgIpc) is 2.62. The van der Waals surface area contributed by atoms with E-state index in [1.807, 2.05) is 0 Å². The van der Waals surface area contributed by atoms with Crippen LogP contribution in [0, 0.1) is 11.6 Å². The van der Waals surface area contributed by atoms with Gasteiger partial charge in [-0.3, -0.25) is 4.79 Å². The van der Waals surface area contributed by atoms with Crippen LogP contribution < -0.4 is 10.6 Å². The summed E-state index contributed by atoms with van der Waals surface area (Å²) in [4.78, 5) is 11.0. The Morgan fingerprint density at radius 3 is 2.59 bits per heavy atom. The van der Waals surface area contributed by atoms with Crippen LogP contribution in [0.15, 0.2) is 16.6 Å². The average molecular weight is 305 g/mol. The molecule has 6 heteroatoms. The van der Waals surface area contributed by atoms with Crippen LogP contribution in [0.3, 0.4) is 0 Å². The van der Waals surface area contributed by atoms with Gasteiger partial charge in [-0.1, -0.05) is 15.9 Å². The van der Waals surface area contributed by atoms with Gasteiger partial charge in [-0.2, -0.15) is 0 Å². The molecule has 0 aliphatic carbocycles. The van der Waals surface area contributed by atoms with Crippen LogP contribution in [0.1, 0.15) is 12.8 Å². The lowest BCUT2D eigenvalue weighted by molar-refractivity contribution is -0.119. The van der Waals surface area contributed by atoms with Gasteiger partial charge in [-0.15, -0.1) is 0 Å². The number of halogens is 3. The van der Waals surface area contributed by atoms with E-state index in [4.69, 9.17) is 0 Å². The van der Waals surface area contributed by atoms with Gasteiger partial charge in [0.2, 0.25) is 5.91 Å². The number of rotatable bonds is 3. The summed E-state index contributed by atoms with van der Waals surface area (Å²) < 4.78 is 27.2. The van der Waals surface area contributed by atoms with Crippen molar-refractivity contribution in [1.29, 1.82) is 0 Å². The molecule has 17 heavy (non-hydrogen) atoms. The van der Waals surface area contributed by atoms with Gasteiger partial charge in [-0.25, -0.2) is 8.78 Å². The van der Waals surface area contributed by atoms with Gasteiger partial charge in [0.05, 0.1) is 0 Å². The molecule has 1 heterocycles. The molecule has 1 aliphatic heterocycles. The summed E-state index contributed by atoms with van der Waals surface area (Å²) in [5.41, 5.74) is -0.158. The topological polar surface area (TPSA) is 41.1 Å². The molecular formula is C11H11BrF2N2O. The van der Waals surface area contributed by atoms with E-state index in [2.05, 4.69) is 26.6 Å². The Morgan fingerprint density at radius 1 is 1.41 bits per heavy atom. The van der Waals surface area contributed by atoms with Gasteiger partial charge >= 0.3 is 0 Å². The lowest BCUT2D eigenvalue weighted by Crippen LogP contribution is -2.32. The third-order valence-electron chi connectivity index (χ3n) is 2.62. The second-order valence-corrected chi connectivity index (χ2v) is 4.84. The monoisotopic (exact) mass is 304 g/mol. The fourth-order valence-corrected chi connectivity index (χ4v) is 2.17. The molecule has 92 valence electrons. The maximum Gasteiger partial charge on any atom is 0.220 e. The molecule has 0 aromatic heterocycles. The van der Waals surface area contributed by atoms with Gasteiger partial charge in [0.15, 0.2) is 0 Å². The van der Waals surface area contributed by atoms with E-state index in [1.165, 1.54) is 12.1 Å². The van der Waals surface area contributed by atoms with Crippen molar-refractivity contribution in [3.63, 3.8) is 0 Å². The van der Waals surface area contributed by atoms with E-state index < -0.39 is 11.6 Å². The summed E-state index contributed by atoms with van der Waals surface area (Å²) in [6, 6.07) is 2.32. The molecule has 0 saturated carbocycles. The predicted octanol–water partition coefficient (Wildman–Crippen LogP) is 2.42. The van der Waals surface area contributed by atoms with Crippen LogP contribution in [0.25, 0.3) is 0 Å². The highest BCUT2D eigenvalue weighted by atomic mass is 79.9. The Morgan fingerprint density at radius 2 is 2.06 bits per heavy atom. The molecule has 1 unspecified atom stereocenters. The van der Waals surface area contributed by atoms with Crippen LogP contribution in [0.5, 0.6) is 0 Å². The smallest absolute Gasteiger partial charge is 0.220 e. The number of anilines is 1. The lowest BCUT2D eigenvalue weighted by atomic mass is 10.2. The summed E-state index contributed by atoms with van der Waals surface area (Å²) in [6.45, 7) is 0.321. The highest BCUT2D eigenvalue weighted by Crippen LogP contribution is 2.24. The number of nitrogens with one attached hydrogen (secondary N) is 2. The van der Waals surface area contributed by atoms with Gasteiger partial charge in [-0.05, 0) is 18.6 Å². The highest BCUT2D eigenvalue weighted by Gasteiger charge is 2.21. The summed E-state index contributed by atoms with van der Waals surface area (Å²) in [7, 11) is 0. The molecule has 1 aliphatic rings. The minimum Gasteiger partial charge on any atom is -0.378 e. The predicted molar refractivity (Wildman–Crippen MR) is 63.7 cm³/mol. The molecule has 1 aromatic carbocycles. The Hall–Kier alpha value is -1.17. The molecule has 1 fully saturated rings. The Kier molecular flexibility index (Phi) is 3.61. The van der Waals surface area contributed by atoms with Gasteiger partial charge in [0, 0.05) is 23.5 Å². The number of carbonyl (C=O) groups excluding carboxylic acids is 1. The third-order valence-corrected chi connectivity index (χ3v) is 3.07. The standard InChI is InChI=1S/C11H11BrF2N2O/c12-6-3-8(13)11(9(14)4-6)15-5-7-1-2-10(17)16-7/h3-4,7,15H,1-2,5H2,(H,16,17). The van der Waals surface area contributed by atoms with Crippen LogP contribution in [-0.4, -0.2) is 18.5 Å². The van der Waals surface area contributed by atoms with Crippen LogP contribution >= 0.6 is 15.9 Å². The first-order valence-corrected chi connectivity index (χ1v) is 6.03. The molecule has 1 saturated heterocycles. The highest BCUT2D eigenvalue weighted by molar-refractivity contribution is 9.10. The zero-order valence-corrected chi connectivity index (χ0v) is 10.5. The van der Waals surface area contributed by atoms with E-state index >= 15 is 0 Å². The fourth-order valence-electron chi connectivity index (χ4n) is 1.77. The lowest BCUT2D eigenvalue weighted by Gasteiger charge is -2.13. The van der Waals surface area contributed by atoms with E-state index in [-0.39, 0.29) is 17.6 Å². The number of carbonyl (C=O) groups is 1. The third kappa shape index (κ3) is 2.94.